The van der Waals surface area contributed by atoms with Crippen molar-refractivity contribution < 1.29 is 9.53 Å². The summed E-state index contributed by atoms with van der Waals surface area (Å²) in [6, 6.07) is 5.48. The summed E-state index contributed by atoms with van der Waals surface area (Å²) in [5.41, 5.74) is 0.638. The lowest BCUT2D eigenvalue weighted by atomic mass is 10.2. The fraction of sp³-hybridized carbons (Fsp3) is 0.188. The van der Waals surface area contributed by atoms with E-state index in [1.807, 2.05) is 19.1 Å². The number of halogens is 2. The van der Waals surface area contributed by atoms with Crippen LogP contribution in [0.5, 0.6) is 5.75 Å². The zero-order chi connectivity index (χ0) is 17.3. The van der Waals surface area contributed by atoms with E-state index in [1.54, 1.807) is 25.4 Å². The average molecular weight is 474 g/mol. The summed E-state index contributed by atoms with van der Waals surface area (Å²) in [6.45, 7) is 3.62. The van der Waals surface area contributed by atoms with Crippen LogP contribution >= 0.6 is 45.5 Å². The number of thiazole rings is 1. The summed E-state index contributed by atoms with van der Waals surface area (Å²) in [6.07, 6.45) is 2.69. The van der Waals surface area contributed by atoms with Gasteiger partial charge in [-0.3, -0.25) is 15.1 Å². The first kappa shape index (κ1) is 17.4. The SMILES string of the molecule is Cc1cnc(NC(=O)C(C)Oc2c(I)cc(Cl)c3cccnc23)s1. The predicted molar refractivity (Wildman–Crippen MR) is 105 cm³/mol. The lowest BCUT2D eigenvalue weighted by Gasteiger charge is -2.16. The molecule has 0 aliphatic carbocycles. The number of anilines is 1. The molecule has 8 heteroatoms. The van der Waals surface area contributed by atoms with E-state index in [2.05, 4.69) is 37.9 Å². The van der Waals surface area contributed by atoms with E-state index in [1.165, 1.54) is 11.3 Å². The van der Waals surface area contributed by atoms with Crippen molar-refractivity contribution >= 4 is 67.5 Å². The predicted octanol–water partition coefficient (Wildman–Crippen LogP) is 4.66. The number of nitrogens with one attached hydrogen (secondary N) is 1. The number of rotatable bonds is 4. The minimum atomic E-state index is -0.700. The van der Waals surface area contributed by atoms with E-state index in [4.69, 9.17) is 16.3 Å². The fourth-order valence-electron chi connectivity index (χ4n) is 2.11. The largest absolute Gasteiger partial charge is 0.477 e. The van der Waals surface area contributed by atoms with Gasteiger partial charge in [0.05, 0.1) is 8.59 Å². The molecule has 1 amide bonds. The number of pyridine rings is 1. The van der Waals surface area contributed by atoms with E-state index in [0.29, 0.717) is 21.4 Å². The van der Waals surface area contributed by atoms with Gasteiger partial charge in [-0.15, -0.1) is 11.3 Å². The quantitative estimate of drug-likeness (QED) is 0.560. The van der Waals surface area contributed by atoms with E-state index < -0.39 is 6.10 Å². The van der Waals surface area contributed by atoms with Crippen LogP contribution in [0.25, 0.3) is 10.9 Å². The Bertz CT molecular complexity index is 915. The highest BCUT2D eigenvalue weighted by atomic mass is 127. The topological polar surface area (TPSA) is 64.1 Å². The first-order chi connectivity index (χ1) is 11.5. The number of nitrogens with zero attached hydrogens (tertiary/aromatic N) is 2. The van der Waals surface area contributed by atoms with Gasteiger partial charge < -0.3 is 4.74 Å². The monoisotopic (exact) mass is 473 g/mol. The van der Waals surface area contributed by atoms with Crippen LogP contribution in [0.3, 0.4) is 0 Å². The summed E-state index contributed by atoms with van der Waals surface area (Å²) in [5.74, 6) is 0.285. The van der Waals surface area contributed by atoms with Gasteiger partial charge in [-0.05, 0) is 54.6 Å². The number of amides is 1. The number of aromatic nitrogens is 2. The van der Waals surface area contributed by atoms with Crippen LogP contribution in [-0.4, -0.2) is 22.0 Å². The van der Waals surface area contributed by atoms with Crippen molar-refractivity contribution in [3.05, 3.63) is 44.1 Å². The number of carbonyl (C=O) groups excluding carboxylic acids is 1. The Morgan fingerprint density at radius 3 is 2.96 bits per heavy atom. The summed E-state index contributed by atoms with van der Waals surface area (Å²) >= 11 is 9.80. The second-order valence-electron chi connectivity index (χ2n) is 5.09. The van der Waals surface area contributed by atoms with Crippen LogP contribution in [0.1, 0.15) is 11.8 Å². The third-order valence-corrected chi connectivity index (χ3v) is 5.21. The molecule has 0 saturated heterocycles. The van der Waals surface area contributed by atoms with Crippen LogP contribution in [0.2, 0.25) is 5.02 Å². The van der Waals surface area contributed by atoms with Crippen molar-refractivity contribution in [3.8, 4) is 5.75 Å². The molecule has 0 radical (unpaired) electrons. The first-order valence-electron chi connectivity index (χ1n) is 7.08. The van der Waals surface area contributed by atoms with Crippen molar-refractivity contribution in [1.29, 1.82) is 0 Å². The lowest BCUT2D eigenvalue weighted by Crippen LogP contribution is -2.30. The number of aryl methyl sites for hydroxylation is 1. The standard InChI is InChI=1S/C16H13ClIN3O2S/c1-8-7-20-16(24-8)21-15(22)9(2)23-14-12(18)6-11(17)10-4-3-5-19-13(10)14/h3-7,9H,1-2H3,(H,20,21,22). The van der Waals surface area contributed by atoms with Crippen molar-refractivity contribution in [1.82, 2.24) is 9.97 Å². The molecule has 0 spiro atoms. The molecule has 3 aromatic rings. The van der Waals surface area contributed by atoms with Gasteiger partial charge in [0, 0.05) is 22.7 Å². The molecule has 0 aliphatic rings. The number of ether oxygens (including phenoxy) is 1. The zero-order valence-corrected chi connectivity index (χ0v) is 16.6. The van der Waals surface area contributed by atoms with Gasteiger partial charge in [0.2, 0.25) is 0 Å². The van der Waals surface area contributed by atoms with Crippen LogP contribution in [-0.2, 0) is 4.79 Å². The van der Waals surface area contributed by atoms with E-state index in [9.17, 15) is 4.79 Å². The maximum atomic E-state index is 12.3. The van der Waals surface area contributed by atoms with Gasteiger partial charge in [0.1, 0.15) is 5.52 Å². The number of fused-ring (bicyclic) bond motifs is 1. The molecule has 3 rings (SSSR count). The van der Waals surface area contributed by atoms with Gasteiger partial charge >= 0.3 is 0 Å². The smallest absolute Gasteiger partial charge is 0.266 e. The zero-order valence-electron chi connectivity index (χ0n) is 12.8. The molecule has 1 unspecified atom stereocenters. The number of hydrogen-bond acceptors (Lipinski definition) is 5. The number of hydrogen-bond donors (Lipinski definition) is 1. The highest BCUT2D eigenvalue weighted by Crippen LogP contribution is 2.35. The Balaban J connectivity index is 1.85. The Kier molecular flexibility index (Phi) is 5.21. The molecule has 1 aromatic carbocycles. The third-order valence-electron chi connectivity index (χ3n) is 3.27. The molecule has 0 fully saturated rings. The Labute approximate surface area is 161 Å². The molecular weight excluding hydrogens is 461 g/mol. The highest BCUT2D eigenvalue weighted by Gasteiger charge is 2.20. The maximum absolute atomic E-state index is 12.3. The van der Waals surface area contributed by atoms with E-state index in [-0.39, 0.29) is 5.91 Å². The van der Waals surface area contributed by atoms with Crippen molar-refractivity contribution in [3.63, 3.8) is 0 Å². The molecule has 124 valence electrons. The molecule has 24 heavy (non-hydrogen) atoms. The van der Waals surface area contributed by atoms with Crippen LogP contribution in [0.4, 0.5) is 5.13 Å². The molecule has 2 heterocycles. The lowest BCUT2D eigenvalue weighted by molar-refractivity contribution is -0.122. The van der Waals surface area contributed by atoms with Crippen LogP contribution in [0, 0.1) is 10.5 Å². The van der Waals surface area contributed by atoms with Crippen molar-refractivity contribution in [2.45, 2.75) is 20.0 Å². The van der Waals surface area contributed by atoms with Crippen LogP contribution in [0.15, 0.2) is 30.6 Å². The van der Waals surface area contributed by atoms with Gasteiger partial charge in [0.15, 0.2) is 17.0 Å². The Morgan fingerprint density at radius 2 is 2.25 bits per heavy atom. The number of carbonyl (C=O) groups is 1. The molecule has 0 bridgehead atoms. The molecule has 1 N–H and O–H groups in total. The van der Waals surface area contributed by atoms with Gasteiger partial charge in [-0.1, -0.05) is 11.6 Å². The van der Waals surface area contributed by atoms with Crippen molar-refractivity contribution in [2.24, 2.45) is 0 Å². The fourth-order valence-corrected chi connectivity index (χ4v) is 3.92. The highest BCUT2D eigenvalue weighted by molar-refractivity contribution is 14.1. The molecule has 5 nitrogen and oxygen atoms in total. The minimum absolute atomic E-state index is 0.265. The Hall–Kier alpha value is -1.45. The van der Waals surface area contributed by atoms with E-state index >= 15 is 0 Å². The third kappa shape index (κ3) is 3.62. The molecule has 2 aromatic heterocycles. The van der Waals surface area contributed by atoms with Crippen LogP contribution < -0.4 is 10.1 Å². The van der Waals surface area contributed by atoms with Crippen molar-refractivity contribution in [2.75, 3.05) is 5.32 Å². The minimum Gasteiger partial charge on any atom is -0.477 e. The normalized spacial score (nSPS) is 12.2. The molecular formula is C16H13ClIN3O2S. The summed E-state index contributed by atoms with van der Waals surface area (Å²) in [5, 5.41) is 4.71. The van der Waals surface area contributed by atoms with Gasteiger partial charge in [-0.2, -0.15) is 0 Å². The first-order valence-corrected chi connectivity index (χ1v) is 9.35. The summed E-state index contributed by atoms with van der Waals surface area (Å²) in [7, 11) is 0. The average Bonchev–Trinajstić information content (AvgIpc) is 2.96. The molecule has 0 aliphatic heterocycles. The maximum Gasteiger partial charge on any atom is 0.266 e. The van der Waals surface area contributed by atoms with E-state index in [0.717, 1.165) is 13.8 Å². The van der Waals surface area contributed by atoms with Gasteiger partial charge in [-0.25, -0.2) is 4.98 Å². The van der Waals surface area contributed by atoms with Gasteiger partial charge in [0.25, 0.3) is 5.91 Å². The molecule has 0 saturated carbocycles. The summed E-state index contributed by atoms with van der Waals surface area (Å²) < 4.78 is 6.69. The summed E-state index contributed by atoms with van der Waals surface area (Å²) in [4.78, 5) is 21.8. The molecule has 1 atom stereocenters. The number of benzene rings is 1. The second-order valence-corrected chi connectivity index (χ2v) is 7.90. The Morgan fingerprint density at radius 1 is 1.46 bits per heavy atom. The second kappa shape index (κ2) is 7.20.